The molecule has 0 aromatic carbocycles. The van der Waals surface area contributed by atoms with Crippen molar-refractivity contribution in [3.8, 4) is 0 Å². The van der Waals surface area contributed by atoms with Gasteiger partial charge >= 0.3 is 6.18 Å². The standard InChI is InChI=1S/C8H11F3N2O/c1-2-13-5-6(4-12-13)3-7(14)8(9,10)11/h4-5,7,14H,2-3H2,1H3/t7-/m0/s1. The molecule has 1 aromatic rings. The van der Waals surface area contributed by atoms with E-state index in [9.17, 15) is 13.2 Å². The first-order chi connectivity index (χ1) is 6.43. The molecule has 0 fully saturated rings. The third-order valence-electron chi connectivity index (χ3n) is 1.82. The summed E-state index contributed by atoms with van der Waals surface area (Å²) in [5, 5.41) is 12.6. The fraction of sp³-hybridized carbons (Fsp3) is 0.625. The van der Waals surface area contributed by atoms with E-state index in [1.54, 1.807) is 0 Å². The van der Waals surface area contributed by atoms with E-state index in [0.29, 0.717) is 12.1 Å². The van der Waals surface area contributed by atoms with Gasteiger partial charge in [0, 0.05) is 19.2 Å². The van der Waals surface area contributed by atoms with Crippen LogP contribution in [0.4, 0.5) is 13.2 Å². The Morgan fingerprint density at radius 2 is 2.21 bits per heavy atom. The number of halogens is 3. The van der Waals surface area contributed by atoms with Crippen molar-refractivity contribution in [3.05, 3.63) is 18.0 Å². The summed E-state index contributed by atoms with van der Waals surface area (Å²) in [6.07, 6.45) is -4.48. The largest absolute Gasteiger partial charge is 0.414 e. The summed E-state index contributed by atoms with van der Waals surface area (Å²) >= 11 is 0. The predicted octanol–water partition coefficient (Wildman–Crippen LogP) is 1.37. The van der Waals surface area contributed by atoms with E-state index < -0.39 is 18.7 Å². The second-order valence-electron chi connectivity index (χ2n) is 2.97. The molecule has 3 nitrogen and oxygen atoms in total. The summed E-state index contributed by atoms with van der Waals surface area (Å²) in [7, 11) is 0. The fourth-order valence-electron chi connectivity index (χ4n) is 1.02. The van der Waals surface area contributed by atoms with E-state index in [0.717, 1.165) is 0 Å². The van der Waals surface area contributed by atoms with Crippen LogP contribution in [0.25, 0.3) is 0 Å². The van der Waals surface area contributed by atoms with E-state index in [2.05, 4.69) is 5.10 Å². The SMILES string of the molecule is CCn1cc(C[C@H](O)C(F)(F)F)cn1. The summed E-state index contributed by atoms with van der Waals surface area (Å²) in [5.41, 5.74) is 0.386. The fourth-order valence-corrected chi connectivity index (χ4v) is 1.02. The van der Waals surface area contributed by atoms with Gasteiger partial charge in [0.15, 0.2) is 6.10 Å². The maximum absolute atomic E-state index is 11.9. The van der Waals surface area contributed by atoms with Gasteiger partial charge in [0.1, 0.15) is 0 Å². The topological polar surface area (TPSA) is 38.0 Å². The van der Waals surface area contributed by atoms with Crippen LogP contribution < -0.4 is 0 Å². The van der Waals surface area contributed by atoms with E-state index in [1.807, 2.05) is 6.92 Å². The van der Waals surface area contributed by atoms with Gasteiger partial charge in [0.25, 0.3) is 0 Å². The van der Waals surface area contributed by atoms with Crippen molar-refractivity contribution in [2.45, 2.75) is 32.2 Å². The highest BCUT2D eigenvalue weighted by atomic mass is 19.4. The molecule has 0 bridgehead atoms. The summed E-state index contributed by atoms with van der Waals surface area (Å²) in [5.74, 6) is 0. The van der Waals surface area contributed by atoms with Gasteiger partial charge in [-0.05, 0) is 12.5 Å². The Bertz CT molecular complexity index is 295. The third kappa shape index (κ3) is 2.73. The van der Waals surface area contributed by atoms with Gasteiger partial charge in [-0.3, -0.25) is 4.68 Å². The Morgan fingerprint density at radius 3 is 2.64 bits per heavy atom. The van der Waals surface area contributed by atoms with Crippen LogP contribution in [0, 0.1) is 0 Å². The molecule has 1 aromatic heterocycles. The molecule has 1 N–H and O–H groups in total. The molecule has 0 saturated carbocycles. The minimum Gasteiger partial charge on any atom is -0.383 e. The third-order valence-corrected chi connectivity index (χ3v) is 1.82. The highest BCUT2D eigenvalue weighted by molar-refractivity contribution is 5.05. The van der Waals surface area contributed by atoms with Crippen molar-refractivity contribution in [2.24, 2.45) is 0 Å². The predicted molar refractivity (Wildman–Crippen MR) is 43.7 cm³/mol. The van der Waals surface area contributed by atoms with Crippen LogP contribution in [0.2, 0.25) is 0 Å². The zero-order chi connectivity index (χ0) is 10.8. The lowest BCUT2D eigenvalue weighted by Crippen LogP contribution is -2.30. The zero-order valence-corrected chi connectivity index (χ0v) is 7.62. The summed E-state index contributed by atoms with van der Waals surface area (Å²) in [4.78, 5) is 0. The Labute approximate surface area is 79.2 Å². The van der Waals surface area contributed by atoms with Gasteiger partial charge in [-0.2, -0.15) is 18.3 Å². The van der Waals surface area contributed by atoms with Crippen LogP contribution in [0.1, 0.15) is 12.5 Å². The van der Waals surface area contributed by atoms with Crippen LogP contribution in [0.15, 0.2) is 12.4 Å². The molecule has 0 aliphatic heterocycles. The monoisotopic (exact) mass is 208 g/mol. The van der Waals surface area contributed by atoms with E-state index in [-0.39, 0.29) is 0 Å². The van der Waals surface area contributed by atoms with Gasteiger partial charge in [-0.25, -0.2) is 0 Å². The molecule has 0 spiro atoms. The minimum atomic E-state index is -4.56. The van der Waals surface area contributed by atoms with Gasteiger partial charge in [-0.15, -0.1) is 0 Å². The molecule has 0 aliphatic rings. The Morgan fingerprint density at radius 1 is 1.57 bits per heavy atom. The van der Waals surface area contributed by atoms with E-state index in [4.69, 9.17) is 5.11 Å². The van der Waals surface area contributed by atoms with Crippen molar-refractivity contribution in [2.75, 3.05) is 0 Å². The molecule has 0 radical (unpaired) electrons. The molecular formula is C8H11F3N2O. The lowest BCUT2D eigenvalue weighted by molar-refractivity contribution is -0.203. The number of aliphatic hydroxyl groups is 1. The van der Waals surface area contributed by atoms with Crippen LogP contribution in [0.3, 0.4) is 0 Å². The number of nitrogens with zero attached hydrogens (tertiary/aromatic N) is 2. The number of hydrogen-bond donors (Lipinski definition) is 1. The van der Waals surface area contributed by atoms with Crippen LogP contribution in [-0.4, -0.2) is 27.2 Å². The van der Waals surface area contributed by atoms with Gasteiger partial charge in [-0.1, -0.05) is 0 Å². The molecule has 0 saturated heterocycles. The molecule has 6 heteroatoms. The highest BCUT2D eigenvalue weighted by Gasteiger charge is 2.38. The summed E-state index contributed by atoms with van der Waals surface area (Å²) in [6.45, 7) is 2.43. The van der Waals surface area contributed by atoms with Crippen molar-refractivity contribution in [1.29, 1.82) is 0 Å². The lowest BCUT2D eigenvalue weighted by Gasteiger charge is -2.12. The second kappa shape index (κ2) is 4.00. The molecular weight excluding hydrogens is 197 g/mol. The first-order valence-corrected chi connectivity index (χ1v) is 4.19. The molecule has 80 valence electrons. The number of aromatic nitrogens is 2. The molecule has 0 aliphatic carbocycles. The van der Waals surface area contributed by atoms with Crippen LogP contribution >= 0.6 is 0 Å². The molecule has 14 heavy (non-hydrogen) atoms. The average Bonchev–Trinajstić information content (AvgIpc) is 2.50. The normalized spacial score (nSPS) is 14.4. The van der Waals surface area contributed by atoms with E-state index >= 15 is 0 Å². The van der Waals surface area contributed by atoms with Gasteiger partial charge < -0.3 is 5.11 Å². The Kier molecular flexibility index (Phi) is 3.15. The van der Waals surface area contributed by atoms with Crippen molar-refractivity contribution >= 4 is 0 Å². The Hall–Kier alpha value is -1.04. The zero-order valence-electron chi connectivity index (χ0n) is 7.62. The maximum atomic E-state index is 11.9. The lowest BCUT2D eigenvalue weighted by atomic mass is 10.1. The quantitative estimate of drug-likeness (QED) is 0.814. The average molecular weight is 208 g/mol. The van der Waals surface area contributed by atoms with E-state index in [1.165, 1.54) is 17.1 Å². The Balaban J connectivity index is 2.60. The highest BCUT2D eigenvalue weighted by Crippen LogP contribution is 2.22. The molecule has 0 amide bonds. The smallest absolute Gasteiger partial charge is 0.383 e. The molecule has 1 heterocycles. The second-order valence-corrected chi connectivity index (χ2v) is 2.97. The molecule has 1 rings (SSSR count). The summed E-state index contributed by atoms with van der Waals surface area (Å²) < 4.78 is 37.4. The van der Waals surface area contributed by atoms with Crippen molar-refractivity contribution in [1.82, 2.24) is 9.78 Å². The molecule has 0 unspecified atom stereocenters. The van der Waals surface area contributed by atoms with Gasteiger partial charge in [0.2, 0.25) is 0 Å². The number of aryl methyl sites for hydroxylation is 1. The van der Waals surface area contributed by atoms with Crippen molar-refractivity contribution in [3.63, 3.8) is 0 Å². The first-order valence-electron chi connectivity index (χ1n) is 4.19. The maximum Gasteiger partial charge on any atom is 0.414 e. The number of hydrogen-bond acceptors (Lipinski definition) is 2. The molecule has 1 atom stereocenters. The first kappa shape index (κ1) is 11.0. The number of aliphatic hydroxyl groups excluding tert-OH is 1. The van der Waals surface area contributed by atoms with Crippen LogP contribution in [0.5, 0.6) is 0 Å². The van der Waals surface area contributed by atoms with Crippen LogP contribution in [-0.2, 0) is 13.0 Å². The van der Waals surface area contributed by atoms with Crippen molar-refractivity contribution < 1.29 is 18.3 Å². The number of rotatable bonds is 3. The minimum absolute atomic E-state index is 0.386. The number of alkyl halides is 3. The summed E-state index contributed by atoms with van der Waals surface area (Å²) in [6, 6.07) is 0. The van der Waals surface area contributed by atoms with Gasteiger partial charge in [0.05, 0.1) is 6.20 Å².